The van der Waals surface area contributed by atoms with E-state index in [1.807, 2.05) is 6.92 Å². The molecule has 132 valence electrons. The number of rotatable bonds is 12. The Hall–Kier alpha value is -0.870. The van der Waals surface area contributed by atoms with Crippen LogP contribution in [0.4, 0.5) is 0 Å². The lowest BCUT2D eigenvalue weighted by atomic mass is 10.0. The van der Waals surface area contributed by atoms with Crippen molar-refractivity contribution in [3.63, 3.8) is 0 Å². The largest absolute Gasteiger partial charge is 0.296 e. The average Bonchev–Trinajstić information content (AvgIpc) is 2.49. The van der Waals surface area contributed by atoms with E-state index >= 15 is 0 Å². The van der Waals surface area contributed by atoms with Crippen LogP contribution in [0.15, 0.2) is 29.2 Å². The van der Waals surface area contributed by atoms with Crippen molar-refractivity contribution in [2.24, 2.45) is 5.92 Å². The van der Waals surface area contributed by atoms with E-state index in [2.05, 4.69) is 13.8 Å². The molecule has 1 rings (SSSR count). The standard InChI is InChI=1S/C19H32O3S/c1-17(2)11-9-7-5-4-6-8-10-16-22-23(20,21)19-14-12-18(3)13-15-19/h12-15,17H,4-11,16H2,1-3H3. The minimum Gasteiger partial charge on any atom is -0.266 e. The summed E-state index contributed by atoms with van der Waals surface area (Å²) in [6, 6.07) is 6.77. The molecule has 0 aromatic heterocycles. The van der Waals surface area contributed by atoms with Gasteiger partial charge in [0.2, 0.25) is 0 Å². The van der Waals surface area contributed by atoms with E-state index < -0.39 is 10.1 Å². The first-order chi connectivity index (χ1) is 10.9. The normalized spacial score (nSPS) is 12.0. The third kappa shape index (κ3) is 9.11. The van der Waals surface area contributed by atoms with Crippen LogP contribution in [0.25, 0.3) is 0 Å². The summed E-state index contributed by atoms with van der Waals surface area (Å²) in [5, 5.41) is 0. The number of aryl methyl sites for hydroxylation is 1. The number of unbranched alkanes of at least 4 members (excludes halogenated alkanes) is 6. The van der Waals surface area contributed by atoms with Crippen molar-refractivity contribution in [3.05, 3.63) is 29.8 Å². The molecule has 0 bridgehead atoms. The molecule has 0 aliphatic rings. The molecule has 3 nitrogen and oxygen atoms in total. The highest BCUT2D eigenvalue weighted by atomic mass is 32.2. The molecule has 1 aromatic rings. The van der Waals surface area contributed by atoms with Gasteiger partial charge in [-0.2, -0.15) is 8.42 Å². The Morgan fingerprint density at radius 1 is 0.870 bits per heavy atom. The molecule has 0 amide bonds. The first-order valence-electron chi connectivity index (χ1n) is 8.88. The molecule has 0 radical (unpaired) electrons. The zero-order valence-corrected chi connectivity index (χ0v) is 15.7. The van der Waals surface area contributed by atoms with Crippen molar-refractivity contribution in [1.82, 2.24) is 0 Å². The summed E-state index contributed by atoms with van der Waals surface area (Å²) in [6.45, 7) is 6.75. The molecule has 0 aliphatic heterocycles. The highest BCUT2D eigenvalue weighted by Crippen LogP contribution is 2.15. The topological polar surface area (TPSA) is 43.4 Å². The molecule has 0 heterocycles. The highest BCUT2D eigenvalue weighted by molar-refractivity contribution is 7.86. The molecular weight excluding hydrogens is 308 g/mol. The Morgan fingerprint density at radius 2 is 1.39 bits per heavy atom. The van der Waals surface area contributed by atoms with E-state index in [1.165, 1.54) is 32.1 Å². The van der Waals surface area contributed by atoms with Crippen LogP contribution in [0.5, 0.6) is 0 Å². The molecule has 0 saturated heterocycles. The Labute approximate surface area is 142 Å². The Balaban J connectivity index is 2.07. The lowest BCUT2D eigenvalue weighted by molar-refractivity contribution is 0.306. The second-order valence-electron chi connectivity index (χ2n) is 6.75. The van der Waals surface area contributed by atoms with Gasteiger partial charge in [0.1, 0.15) is 0 Å². The van der Waals surface area contributed by atoms with E-state index in [0.29, 0.717) is 0 Å². The van der Waals surface area contributed by atoms with E-state index in [1.54, 1.807) is 24.3 Å². The quantitative estimate of drug-likeness (QED) is 0.374. The zero-order chi connectivity index (χ0) is 17.1. The second-order valence-corrected chi connectivity index (χ2v) is 8.36. The van der Waals surface area contributed by atoms with Gasteiger partial charge < -0.3 is 0 Å². The molecule has 0 N–H and O–H groups in total. The fraction of sp³-hybridized carbons (Fsp3) is 0.684. The molecular formula is C19H32O3S. The van der Waals surface area contributed by atoms with Crippen LogP contribution < -0.4 is 0 Å². The molecule has 1 aromatic carbocycles. The van der Waals surface area contributed by atoms with Crippen LogP contribution in [0.2, 0.25) is 0 Å². The predicted octanol–water partition coefficient (Wildman–Crippen LogP) is 5.48. The van der Waals surface area contributed by atoms with Gasteiger partial charge in [-0.25, -0.2) is 0 Å². The maximum absolute atomic E-state index is 12.0. The maximum Gasteiger partial charge on any atom is 0.296 e. The first-order valence-corrected chi connectivity index (χ1v) is 10.3. The lowest BCUT2D eigenvalue weighted by Crippen LogP contribution is -2.07. The molecule has 0 atom stereocenters. The van der Waals surface area contributed by atoms with Crippen LogP contribution in [-0.4, -0.2) is 15.0 Å². The summed E-state index contributed by atoms with van der Waals surface area (Å²) >= 11 is 0. The molecule has 23 heavy (non-hydrogen) atoms. The van der Waals surface area contributed by atoms with Crippen molar-refractivity contribution in [1.29, 1.82) is 0 Å². The summed E-state index contributed by atoms with van der Waals surface area (Å²) in [5.74, 6) is 0.808. The third-order valence-corrected chi connectivity index (χ3v) is 5.30. The minimum absolute atomic E-state index is 0.244. The molecule has 0 unspecified atom stereocenters. The van der Waals surface area contributed by atoms with Crippen LogP contribution in [0, 0.1) is 12.8 Å². The van der Waals surface area contributed by atoms with Crippen LogP contribution in [-0.2, 0) is 14.3 Å². The fourth-order valence-corrected chi connectivity index (χ4v) is 3.42. The van der Waals surface area contributed by atoms with Gasteiger partial charge in [-0.1, -0.05) is 76.5 Å². The fourth-order valence-electron chi connectivity index (χ4n) is 2.48. The SMILES string of the molecule is Cc1ccc(S(=O)(=O)OCCCCCCCCCC(C)C)cc1. The monoisotopic (exact) mass is 340 g/mol. The second kappa shape index (κ2) is 10.8. The molecule has 0 fully saturated rings. The van der Waals surface area contributed by atoms with Gasteiger partial charge in [0.15, 0.2) is 0 Å². The van der Waals surface area contributed by atoms with Crippen molar-refractivity contribution in [2.75, 3.05) is 6.61 Å². The predicted molar refractivity (Wildman–Crippen MR) is 96.1 cm³/mol. The Bertz CT molecular complexity index is 518. The van der Waals surface area contributed by atoms with Gasteiger partial charge in [-0.3, -0.25) is 4.18 Å². The molecule has 0 aliphatic carbocycles. The van der Waals surface area contributed by atoms with Crippen LogP contribution in [0.3, 0.4) is 0 Å². The summed E-state index contributed by atoms with van der Waals surface area (Å²) in [7, 11) is -3.59. The van der Waals surface area contributed by atoms with Gasteiger partial charge in [0.05, 0.1) is 11.5 Å². The highest BCUT2D eigenvalue weighted by Gasteiger charge is 2.14. The zero-order valence-electron chi connectivity index (χ0n) is 14.9. The average molecular weight is 341 g/mol. The van der Waals surface area contributed by atoms with E-state index in [0.717, 1.165) is 30.7 Å². The van der Waals surface area contributed by atoms with Crippen molar-refractivity contribution in [2.45, 2.75) is 77.0 Å². The Kier molecular flexibility index (Phi) is 9.49. The molecule has 0 spiro atoms. The summed E-state index contributed by atoms with van der Waals surface area (Å²) in [6.07, 6.45) is 9.50. The van der Waals surface area contributed by atoms with Gasteiger partial charge in [-0.05, 0) is 31.4 Å². The third-order valence-electron chi connectivity index (χ3n) is 3.97. The molecule has 4 heteroatoms. The van der Waals surface area contributed by atoms with Gasteiger partial charge in [0, 0.05) is 0 Å². The number of hydrogen-bond donors (Lipinski definition) is 0. The summed E-state index contributed by atoms with van der Waals surface area (Å²) in [5.41, 5.74) is 1.04. The lowest BCUT2D eigenvalue weighted by Gasteiger charge is -2.06. The van der Waals surface area contributed by atoms with Gasteiger partial charge in [0.25, 0.3) is 10.1 Å². The molecule has 0 saturated carbocycles. The van der Waals surface area contributed by atoms with Gasteiger partial charge >= 0.3 is 0 Å². The maximum atomic E-state index is 12.0. The first kappa shape index (κ1) is 20.2. The minimum atomic E-state index is -3.59. The summed E-state index contributed by atoms with van der Waals surface area (Å²) < 4.78 is 29.1. The summed E-state index contributed by atoms with van der Waals surface area (Å²) in [4.78, 5) is 0.244. The van der Waals surface area contributed by atoms with Crippen LogP contribution in [0.1, 0.15) is 70.8 Å². The smallest absolute Gasteiger partial charge is 0.266 e. The number of benzene rings is 1. The Morgan fingerprint density at radius 3 is 1.96 bits per heavy atom. The van der Waals surface area contributed by atoms with E-state index in [9.17, 15) is 8.42 Å². The van der Waals surface area contributed by atoms with E-state index in [4.69, 9.17) is 4.18 Å². The van der Waals surface area contributed by atoms with Crippen molar-refractivity contribution in [3.8, 4) is 0 Å². The number of hydrogen-bond acceptors (Lipinski definition) is 3. The van der Waals surface area contributed by atoms with Crippen LogP contribution >= 0.6 is 0 Å². The van der Waals surface area contributed by atoms with E-state index in [-0.39, 0.29) is 11.5 Å². The van der Waals surface area contributed by atoms with Gasteiger partial charge in [-0.15, -0.1) is 0 Å². The van der Waals surface area contributed by atoms with Crippen molar-refractivity contribution >= 4 is 10.1 Å². The van der Waals surface area contributed by atoms with Crippen molar-refractivity contribution < 1.29 is 12.6 Å².